The minimum absolute atomic E-state index is 0.106. The highest BCUT2D eigenvalue weighted by molar-refractivity contribution is 6.30. The normalized spacial score (nSPS) is 13.2. The quantitative estimate of drug-likeness (QED) is 0.852. The van der Waals surface area contributed by atoms with E-state index in [0.29, 0.717) is 28.9 Å². The van der Waals surface area contributed by atoms with Crippen molar-refractivity contribution in [3.63, 3.8) is 0 Å². The molecule has 130 valence electrons. The Morgan fingerprint density at radius 2 is 1.92 bits per heavy atom. The number of carbonyl (C=O) groups is 2. The molecule has 0 saturated heterocycles. The number of hydrogen-bond donors (Lipinski definition) is 2. The average molecular weight is 358 g/mol. The van der Waals surface area contributed by atoms with Crippen LogP contribution < -0.4 is 10.6 Å². The molecule has 1 fully saturated rings. The van der Waals surface area contributed by atoms with Crippen molar-refractivity contribution in [2.45, 2.75) is 25.4 Å². The molecule has 0 spiro atoms. The van der Waals surface area contributed by atoms with Crippen LogP contribution in [-0.4, -0.2) is 29.9 Å². The number of anilines is 1. The topological polar surface area (TPSA) is 61.4 Å². The number of nitrogens with one attached hydrogen (secondary N) is 2. The fraction of sp³-hybridized carbons (Fsp3) is 0.263. The standard InChI is InChI=1S/C19H20ClN3O2/c1-23(12-13-4-2-6-15(20)10-13)19(25)22-17-7-3-5-14(11-17)18(24)21-16-8-9-16/h2-7,10-11,16H,8-9,12H2,1H3,(H,21,24)(H,22,25). The molecule has 0 aliphatic heterocycles. The smallest absolute Gasteiger partial charge is 0.321 e. The fourth-order valence-electron chi connectivity index (χ4n) is 2.43. The lowest BCUT2D eigenvalue weighted by Crippen LogP contribution is -2.31. The second-order valence-corrected chi connectivity index (χ2v) is 6.68. The summed E-state index contributed by atoms with van der Waals surface area (Å²) in [5.41, 5.74) is 2.08. The van der Waals surface area contributed by atoms with Crippen LogP contribution in [-0.2, 0) is 6.54 Å². The summed E-state index contributed by atoms with van der Waals surface area (Å²) < 4.78 is 0. The van der Waals surface area contributed by atoms with Crippen molar-refractivity contribution < 1.29 is 9.59 Å². The highest BCUT2D eigenvalue weighted by atomic mass is 35.5. The van der Waals surface area contributed by atoms with Gasteiger partial charge in [-0.25, -0.2) is 4.79 Å². The Balaban J connectivity index is 1.60. The van der Waals surface area contributed by atoms with Crippen molar-refractivity contribution >= 4 is 29.2 Å². The molecular formula is C19H20ClN3O2. The zero-order valence-electron chi connectivity index (χ0n) is 14.0. The third-order valence-electron chi connectivity index (χ3n) is 3.94. The van der Waals surface area contributed by atoms with Crippen LogP contribution >= 0.6 is 11.6 Å². The van der Waals surface area contributed by atoms with Gasteiger partial charge < -0.3 is 15.5 Å². The zero-order valence-corrected chi connectivity index (χ0v) is 14.7. The number of benzene rings is 2. The molecule has 3 rings (SSSR count). The van der Waals surface area contributed by atoms with Crippen LogP contribution in [0, 0.1) is 0 Å². The highest BCUT2D eigenvalue weighted by Crippen LogP contribution is 2.20. The Hall–Kier alpha value is -2.53. The van der Waals surface area contributed by atoms with E-state index in [1.165, 1.54) is 0 Å². The molecule has 5 nitrogen and oxygen atoms in total. The van der Waals surface area contributed by atoms with Gasteiger partial charge in [0, 0.05) is 35.9 Å². The lowest BCUT2D eigenvalue weighted by Gasteiger charge is -2.18. The van der Waals surface area contributed by atoms with Gasteiger partial charge in [0.2, 0.25) is 0 Å². The minimum Gasteiger partial charge on any atom is -0.349 e. The molecule has 0 aromatic heterocycles. The van der Waals surface area contributed by atoms with E-state index in [2.05, 4.69) is 10.6 Å². The molecule has 0 unspecified atom stereocenters. The van der Waals surface area contributed by atoms with E-state index >= 15 is 0 Å². The van der Waals surface area contributed by atoms with Gasteiger partial charge in [-0.3, -0.25) is 4.79 Å². The first kappa shape index (κ1) is 17.3. The minimum atomic E-state index is -0.250. The molecule has 3 amide bonds. The molecule has 1 saturated carbocycles. The van der Waals surface area contributed by atoms with Crippen molar-refractivity contribution in [1.82, 2.24) is 10.2 Å². The number of nitrogens with zero attached hydrogens (tertiary/aromatic N) is 1. The van der Waals surface area contributed by atoms with Crippen molar-refractivity contribution in [2.75, 3.05) is 12.4 Å². The third-order valence-corrected chi connectivity index (χ3v) is 4.18. The largest absolute Gasteiger partial charge is 0.349 e. The summed E-state index contributed by atoms with van der Waals surface area (Å²) in [6, 6.07) is 14.4. The molecule has 1 aliphatic rings. The molecular weight excluding hydrogens is 338 g/mol. The molecule has 25 heavy (non-hydrogen) atoms. The summed E-state index contributed by atoms with van der Waals surface area (Å²) >= 11 is 5.97. The fourth-order valence-corrected chi connectivity index (χ4v) is 2.65. The number of rotatable bonds is 5. The first-order valence-electron chi connectivity index (χ1n) is 8.19. The van der Waals surface area contributed by atoms with Crippen molar-refractivity contribution in [3.8, 4) is 0 Å². The molecule has 6 heteroatoms. The number of hydrogen-bond acceptors (Lipinski definition) is 2. The second kappa shape index (κ2) is 7.57. The zero-order chi connectivity index (χ0) is 17.8. The Kier molecular flexibility index (Phi) is 5.24. The van der Waals surface area contributed by atoms with Crippen molar-refractivity contribution in [3.05, 3.63) is 64.7 Å². The maximum absolute atomic E-state index is 12.4. The monoisotopic (exact) mass is 357 g/mol. The molecule has 2 aromatic carbocycles. The molecule has 2 aromatic rings. The van der Waals surface area contributed by atoms with Crippen LogP contribution in [0.25, 0.3) is 0 Å². The van der Waals surface area contributed by atoms with Gasteiger partial charge in [-0.15, -0.1) is 0 Å². The summed E-state index contributed by atoms with van der Waals surface area (Å²) in [6.07, 6.45) is 2.08. The third kappa shape index (κ3) is 4.97. The molecule has 0 atom stereocenters. The summed E-state index contributed by atoms with van der Waals surface area (Å²) in [6.45, 7) is 0.439. The van der Waals surface area contributed by atoms with Gasteiger partial charge in [0.15, 0.2) is 0 Å². The molecule has 0 radical (unpaired) electrons. The predicted molar refractivity (Wildman–Crippen MR) is 98.9 cm³/mol. The van der Waals surface area contributed by atoms with Gasteiger partial charge in [0.05, 0.1) is 0 Å². The van der Waals surface area contributed by atoms with Crippen LogP contribution in [0.1, 0.15) is 28.8 Å². The molecule has 0 bridgehead atoms. The van der Waals surface area contributed by atoms with Crippen LogP contribution in [0.4, 0.5) is 10.5 Å². The Labute approximate surface area is 152 Å². The second-order valence-electron chi connectivity index (χ2n) is 6.24. The Bertz CT molecular complexity index is 790. The van der Waals surface area contributed by atoms with Crippen LogP contribution in [0.2, 0.25) is 5.02 Å². The molecule has 2 N–H and O–H groups in total. The highest BCUT2D eigenvalue weighted by Gasteiger charge is 2.23. The number of halogens is 1. The number of urea groups is 1. The van der Waals surface area contributed by atoms with Gasteiger partial charge in [-0.2, -0.15) is 0 Å². The van der Waals surface area contributed by atoms with E-state index in [4.69, 9.17) is 11.6 Å². The van der Waals surface area contributed by atoms with E-state index in [9.17, 15) is 9.59 Å². The Morgan fingerprint density at radius 3 is 2.64 bits per heavy atom. The van der Waals surface area contributed by atoms with E-state index in [-0.39, 0.29) is 11.9 Å². The van der Waals surface area contributed by atoms with Gasteiger partial charge >= 0.3 is 6.03 Å². The lowest BCUT2D eigenvalue weighted by molar-refractivity contribution is 0.0951. The van der Waals surface area contributed by atoms with Gasteiger partial charge in [0.25, 0.3) is 5.91 Å². The summed E-state index contributed by atoms with van der Waals surface area (Å²) in [5, 5.41) is 6.39. The number of carbonyl (C=O) groups excluding carboxylic acids is 2. The first-order valence-corrected chi connectivity index (χ1v) is 8.56. The summed E-state index contributed by atoms with van der Waals surface area (Å²) in [4.78, 5) is 26.0. The first-order chi connectivity index (χ1) is 12.0. The van der Waals surface area contributed by atoms with Crippen LogP contribution in [0.5, 0.6) is 0 Å². The maximum atomic E-state index is 12.4. The average Bonchev–Trinajstić information content (AvgIpc) is 3.39. The van der Waals surface area contributed by atoms with E-state index in [1.54, 1.807) is 42.3 Å². The lowest BCUT2D eigenvalue weighted by atomic mass is 10.2. The van der Waals surface area contributed by atoms with E-state index < -0.39 is 0 Å². The number of amides is 3. The maximum Gasteiger partial charge on any atom is 0.321 e. The van der Waals surface area contributed by atoms with E-state index in [0.717, 1.165) is 18.4 Å². The van der Waals surface area contributed by atoms with Crippen molar-refractivity contribution in [2.24, 2.45) is 0 Å². The SMILES string of the molecule is CN(Cc1cccc(Cl)c1)C(=O)Nc1cccc(C(=O)NC2CC2)c1. The van der Waals surface area contributed by atoms with E-state index in [1.807, 2.05) is 18.2 Å². The molecule has 1 aliphatic carbocycles. The summed E-state index contributed by atoms with van der Waals surface area (Å²) in [7, 11) is 1.71. The summed E-state index contributed by atoms with van der Waals surface area (Å²) in [5.74, 6) is -0.106. The predicted octanol–water partition coefficient (Wildman–Crippen LogP) is 3.90. The van der Waals surface area contributed by atoms with Gasteiger partial charge in [-0.1, -0.05) is 29.8 Å². The van der Waals surface area contributed by atoms with Crippen molar-refractivity contribution in [1.29, 1.82) is 0 Å². The van der Waals surface area contributed by atoms with Crippen LogP contribution in [0.3, 0.4) is 0 Å². The van der Waals surface area contributed by atoms with Crippen LogP contribution in [0.15, 0.2) is 48.5 Å². The van der Waals surface area contributed by atoms with Gasteiger partial charge in [-0.05, 0) is 48.7 Å². The molecule has 0 heterocycles. The Morgan fingerprint density at radius 1 is 1.16 bits per heavy atom. The van der Waals surface area contributed by atoms with Gasteiger partial charge in [0.1, 0.15) is 0 Å².